The van der Waals surface area contributed by atoms with Gasteiger partial charge in [-0.3, -0.25) is 4.79 Å². The Bertz CT molecular complexity index is 973. The lowest BCUT2D eigenvalue weighted by atomic mass is 9.90. The fourth-order valence-electron chi connectivity index (χ4n) is 3.76. The molecule has 1 amide bonds. The number of carbonyl (C=O) groups is 1. The smallest absolute Gasteiger partial charge is 0.416 e. The summed E-state index contributed by atoms with van der Waals surface area (Å²) in [5.74, 6) is -2.66. The molecule has 2 heterocycles. The zero-order valence-corrected chi connectivity index (χ0v) is 16.8. The lowest BCUT2D eigenvalue weighted by Crippen LogP contribution is -2.47. The Labute approximate surface area is 180 Å². The highest BCUT2D eigenvalue weighted by Gasteiger charge is 2.40. The van der Waals surface area contributed by atoms with Gasteiger partial charge in [-0.1, -0.05) is 0 Å². The van der Waals surface area contributed by atoms with Gasteiger partial charge in [-0.2, -0.15) is 13.2 Å². The Morgan fingerprint density at radius 1 is 1.06 bits per heavy atom. The van der Waals surface area contributed by atoms with Crippen molar-refractivity contribution in [1.29, 1.82) is 0 Å². The highest BCUT2D eigenvalue weighted by atomic mass is 19.4. The number of piperidine rings is 1. The van der Waals surface area contributed by atoms with Crippen molar-refractivity contribution in [3.63, 3.8) is 0 Å². The highest BCUT2D eigenvalue weighted by molar-refractivity contribution is 5.95. The summed E-state index contributed by atoms with van der Waals surface area (Å²) in [4.78, 5) is 14.0. The van der Waals surface area contributed by atoms with E-state index >= 15 is 0 Å². The number of alkyl halides is 3. The summed E-state index contributed by atoms with van der Waals surface area (Å²) in [7, 11) is 0. The maximum atomic E-state index is 14.5. The van der Waals surface area contributed by atoms with Gasteiger partial charge in [0, 0.05) is 25.9 Å². The third kappa shape index (κ3) is 4.42. The molecule has 0 saturated carbocycles. The lowest BCUT2D eigenvalue weighted by molar-refractivity contribution is -0.184. The fourth-order valence-corrected chi connectivity index (χ4v) is 3.76. The Morgan fingerprint density at radius 3 is 2.09 bits per heavy atom. The third-order valence-corrected chi connectivity index (χ3v) is 5.69. The molecule has 10 heteroatoms. The quantitative estimate of drug-likeness (QED) is 0.708. The Morgan fingerprint density at radius 2 is 1.62 bits per heavy atom. The number of halogens is 5. The van der Waals surface area contributed by atoms with Crippen molar-refractivity contribution in [2.45, 2.75) is 30.7 Å². The molecule has 2 aromatic carbocycles. The number of hydrogen-bond donors (Lipinski definition) is 1. The summed E-state index contributed by atoms with van der Waals surface area (Å²) >= 11 is 0. The Hall–Kier alpha value is -2.72. The molecule has 5 nitrogen and oxygen atoms in total. The molecule has 0 unspecified atom stereocenters. The first-order valence-electron chi connectivity index (χ1n) is 10.00. The summed E-state index contributed by atoms with van der Waals surface area (Å²) in [6.07, 6.45) is -4.08. The molecule has 2 aliphatic rings. The predicted octanol–water partition coefficient (Wildman–Crippen LogP) is 3.89. The van der Waals surface area contributed by atoms with Crippen LogP contribution in [0.2, 0.25) is 0 Å². The number of benzene rings is 2. The normalized spacial score (nSPS) is 18.9. The Balaban J connectivity index is 1.37. The van der Waals surface area contributed by atoms with Gasteiger partial charge in [0.15, 0.2) is 0 Å². The molecule has 0 radical (unpaired) electrons. The number of rotatable bonds is 4. The van der Waals surface area contributed by atoms with Crippen LogP contribution in [0.3, 0.4) is 0 Å². The summed E-state index contributed by atoms with van der Waals surface area (Å²) in [5.41, 5.74) is -2.92. The monoisotopic (exact) mass is 457 g/mol. The molecule has 0 aliphatic carbocycles. The third-order valence-electron chi connectivity index (χ3n) is 5.69. The van der Waals surface area contributed by atoms with Gasteiger partial charge >= 0.3 is 6.18 Å². The number of hydrogen-bond acceptors (Lipinski definition) is 4. The van der Waals surface area contributed by atoms with Crippen LogP contribution >= 0.6 is 0 Å². The van der Waals surface area contributed by atoms with Crippen LogP contribution in [0.25, 0.3) is 0 Å². The number of nitrogens with zero attached hydrogens (tertiary/aromatic N) is 1. The maximum Gasteiger partial charge on any atom is 0.416 e. The maximum absolute atomic E-state index is 14.5. The Kier molecular flexibility index (Phi) is 5.85. The molecule has 0 bridgehead atoms. The van der Waals surface area contributed by atoms with E-state index in [1.165, 1.54) is 17.0 Å². The summed E-state index contributed by atoms with van der Waals surface area (Å²) in [5, 5.41) is 10.2. The average Bonchev–Trinajstić information content (AvgIpc) is 2.71. The van der Waals surface area contributed by atoms with Gasteiger partial charge in [0.1, 0.15) is 34.7 Å². The van der Waals surface area contributed by atoms with E-state index in [2.05, 4.69) is 0 Å². The van der Waals surface area contributed by atoms with E-state index in [-0.39, 0.29) is 43.7 Å². The molecule has 1 N–H and O–H groups in total. The zero-order chi connectivity index (χ0) is 23.1. The van der Waals surface area contributed by atoms with Crippen LogP contribution in [0.5, 0.6) is 5.75 Å². The second-order valence-electron chi connectivity index (χ2n) is 7.97. The first-order valence-corrected chi connectivity index (χ1v) is 10.00. The number of aliphatic hydroxyl groups is 1. The van der Waals surface area contributed by atoms with E-state index in [9.17, 15) is 31.9 Å². The van der Waals surface area contributed by atoms with Crippen LogP contribution in [-0.4, -0.2) is 48.3 Å². The number of ether oxygens (including phenoxy) is 2. The van der Waals surface area contributed by atoms with Crippen molar-refractivity contribution >= 4 is 5.91 Å². The molecule has 0 atom stereocenters. The molecule has 2 aromatic rings. The summed E-state index contributed by atoms with van der Waals surface area (Å²) < 4.78 is 77.6. The first-order chi connectivity index (χ1) is 15.1. The number of amides is 1. The molecule has 0 spiro atoms. The highest BCUT2D eigenvalue weighted by Crippen LogP contribution is 2.33. The molecular formula is C22H20F5NO4. The molecule has 4 rings (SSSR count). The molecule has 0 aromatic heterocycles. The van der Waals surface area contributed by atoms with Gasteiger partial charge in [0.05, 0.1) is 18.8 Å². The van der Waals surface area contributed by atoms with Crippen LogP contribution in [0, 0.1) is 11.6 Å². The van der Waals surface area contributed by atoms with Crippen molar-refractivity contribution in [3.05, 3.63) is 64.7 Å². The van der Waals surface area contributed by atoms with Gasteiger partial charge in [0.25, 0.3) is 5.91 Å². The van der Waals surface area contributed by atoms with E-state index in [0.29, 0.717) is 12.8 Å². The largest absolute Gasteiger partial charge is 0.490 e. The van der Waals surface area contributed by atoms with Crippen molar-refractivity contribution in [3.8, 4) is 5.75 Å². The van der Waals surface area contributed by atoms with Gasteiger partial charge < -0.3 is 19.5 Å². The van der Waals surface area contributed by atoms with Crippen LogP contribution < -0.4 is 4.74 Å². The van der Waals surface area contributed by atoms with E-state index in [1.54, 1.807) is 0 Å². The van der Waals surface area contributed by atoms with Gasteiger partial charge in [-0.25, -0.2) is 8.78 Å². The van der Waals surface area contributed by atoms with Crippen molar-refractivity contribution < 1.29 is 41.3 Å². The van der Waals surface area contributed by atoms with Crippen LogP contribution in [-0.2, 0) is 16.5 Å². The average molecular weight is 457 g/mol. The molecule has 2 aliphatic heterocycles. The molecule has 2 saturated heterocycles. The molecule has 2 fully saturated rings. The van der Waals surface area contributed by atoms with Gasteiger partial charge in [-0.15, -0.1) is 0 Å². The lowest BCUT2D eigenvalue weighted by Gasteiger charge is -2.37. The molecular weight excluding hydrogens is 437 g/mol. The van der Waals surface area contributed by atoms with Gasteiger partial charge in [0.2, 0.25) is 0 Å². The zero-order valence-electron chi connectivity index (χ0n) is 16.8. The predicted molar refractivity (Wildman–Crippen MR) is 102 cm³/mol. The van der Waals surface area contributed by atoms with Crippen molar-refractivity contribution in [1.82, 2.24) is 4.90 Å². The van der Waals surface area contributed by atoms with Gasteiger partial charge in [-0.05, 0) is 42.0 Å². The minimum absolute atomic E-state index is 0.0129. The SMILES string of the molecule is O=C(c1c(F)cc(C2(O)COC2)cc1F)N1CCC(Oc2ccc(C(F)(F)F)cc2)CC1. The minimum Gasteiger partial charge on any atom is -0.490 e. The second kappa shape index (κ2) is 8.32. The second-order valence-corrected chi connectivity index (χ2v) is 7.97. The summed E-state index contributed by atoms with van der Waals surface area (Å²) in [6.45, 7) is 0.183. The molecule has 172 valence electrons. The van der Waals surface area contributed by atoms with E-state index < -0.39 is 40.4 Å². The van der Waals surface area contributed by atoms with Crippen LogP contribution in [0.1, 0.15) is 34.3 Å². The van der Waals surface area contributed by atoms with Crippen LogP contribution in [0.4, 0.5) is 22.0 Å². The van der Waals surface area contributed by atoms with Crippen LogP contribution in [0.15, 0.2) is 36.4 Å². The van der Waals surface area contributed by atoms with E-state index in [0.717, 1.165) is 24.3 Å². The number of likely N-dealkylation sites (tertiary alicyclic amines) is 1. The fraction of sp³-hybridized carbons (Fsp3) is 0.409. The first kappa shape index (κ1) is 22.5. The number of carbonyl (C=O) groups excluding carboxylic acids is 1. The topological polar surface area (TPSA) is 59.0 Å². The van der Waals surface area contributed by atoms with Crippen molar-refractivity contribution in [2.75, 3.05) is 26.3 Å². The van der Waals surface area contributed by atoms with Crippen molar-refractivity contribution in [2.24, 2.45) is 0 Å². The molecule has 32 heavy (non-hydrogen) atoms. The van der Waals surface area contributed by atoms with E-state index in [1.807, 2.05) is 0 Å². The van der Waals surface area contributed by atoms with E-state index in [4.69, 9.17) is 9.47 Å². The summed E-state index contributed by atoms with van der Waals surface area (Å²) in [6, 6.07) is 6.20. The standard InChI is InChI=1S/C22H20F5NO4/c23-17-9-14(21(30)11-31-12-21)10-18(24)19(17)20(29)28-7-5-16(6-8-28)32-15-3-1-13(2-4-15)22(25,26)27/h1-4,9-10,16,30H,5-8,11-12H2. The minimum atomic E-state index is -4.43.